The lowest BCUT2D eigenvalue weighted by atomic mass is 10.2. The Morgan fingerprint density at radius 1 is 1.33 bits per heavy atom. The second-order valence-corrected chi connectivity index (χ2v) is 6.00. The van der Waals surface area contributed by atoms with Crippen molar-refractivity contribution < 1.29 is 9.47 Å². The number of methoxy groups -OCH3 is 2. The van der Waals surface area contributed by atoms with Crippen LogP contribution in [0.1, 0.15) is 18.9 Å². The molecule has 0 radical (unpaired) electrons. The number of rotatable bonds is 4. The van der Waals surface area contributed by atoms with E-state index in [0.717, 1.165) is 48.5 Å². The number of aliphatic imine (C=N–C) groups is 2. The number of nitrogens with one attached hydrogen (secondary N) is 1. The van der Waals surface area contributed by atoms with Crippen LogP contribution in [0.15, 0.2) is 28.2 Å². The molecule has 0 amide bonds. The Labute approximate surface area is 143 Å². The van der Waals surface area contributed by atoms with Gasteiger partial charge in [-0.05, 0) is 25.5 Å². The van der Waals surface area contributed by atoms with E-state index in [9.17, 15) is 0 Å². The summed E-state index contributed by atoms with van der Waals surface area (Å²) < 4.78 is 10.7. The summed E-state index contributed by atoms with van der Waals surface area (Å²) in [5.41, 5.74) is 1.07. The largest absolute Gasteiger partial charge is 0.497 e. The fourth-order valence-electron chi connectivity index (χ4n) is 2.98. The third kappa shape index (κ3) is 3.25. The van der Waals surface area contributed by atoms with Crippen molar-refractivity contribution in [2.75, 3.05) is 34.4 Å². The quantitative estimate of drug-likeness (QED) is 0.906. The van der Waals surface area contributed by atoms with Crippen molar-refractivity contribution in [3.05, 3.63) is 23.8 Å². The molecule has 7 heteroatoms. The zero-order valence-corrected chi connectivity index (χ0v) is 14.7. The fourth-order valence-corrected chi connectivity index (χ4v) is 2.98. The second kappa shape index (κ2) is 6.98. The molecule has 0 bridgehead atoms. The zero-order valence-electron chi connectivity index (χ0n) is 14.7. The van der Waals surface area contributed by atoms with Gasteiger partial charge in [0.2, 0.25) is 11.9 Å². The molecule has 7 nitrogen and oxygen atoms in total. The van der Waals surface area contributed by atoms with Crippen molar-refractivity contribution >= 4 is 11.9 Å². The van der Waals surface area contributed by atoms with Gasteiger partial charge in [-0.2, -0.15) is 4.99 Å². The van der Waals surface area contributed by atoms with E-state index in [0.29, 0.717) is 6.54 Å². The number of hydrogen-bond acceptors (Lipinski definition) is 7. The summed E-state index contributed by atoms with van der Waals surface area (Å²) in [5.74, 6) is 3.24. The lowest BCUT2D eigenvalue weighted by Crippen LogP contribution is -2.54. The van der Waals surface area contributed by atoms with E-state index in [4.69, 9.17) is 14.5 Å². The van der Waals surface area contributed by atoms with E-state index >= 15 is 0 Å². The maximum atomic E-state index is 5.48. The summed E-state index contributed by atoms with van der Waals surface area (Å²) in [4.78, 5) is 13.7. The average molecular weight is 331 g/mol. The molecule has 1 unspecified atom stereocenters. The molecule has 2 aliphatic rings. The molecule has 1 atom stereocenters. The minimum atomic E-state index is 0.0977. The zero-order chi connectivity index (χ0) is 17.1. The highest BCUT2D eigenvalue weighted by Crippen LogP contribution is 2.26. The number of benzene rings is 1. The van der Waals surface area contributed by atoms with Gasteiger partial charge in [-0.3, -0.25) is 0 Å². The number of guanidine groups is 2. The maximum absolute atomic E-state index is 5.48. The van der Waals surface area contributed by atoms with Gasteiger partial charge in [0.1, 0.15) is 17.7 Å². The van der Waals surface area contributed by atoms with E-state index in [-0.39, 0.29) is 6.17 Å². The minimum Gasteiger partial charge on any atom is -0.497 e. The molecule has 0 saturated carbocycles. The highest BCUT2D eigenvalue weighted by atomic mass is 16.5. The molecule has 1 aromatic carbocycles. The first-order valence-corrected chi connectivity index (χ1v) is 8.21. The Bertz CT molecular complexity index is 658. The van der Waals surface area contributed by atoms with Gasteiger partial charge in [0.05, 0.1) is 14.2 Å². The monoisotopic (exact) mass is 331 g/mol. The molecule has 0 aromatic heterocycles. The molecule has 1 saturated heterocycles. The molecule has 130 valence electrons. The summed E-state index contributed by atoms with van der Waals surface area (Å²) in [6, 6.07) is 5.84. The first-order chi connectivity index (χ1) is 11.6. The van der Waals surface area contributed by atoms with Crippen molar-refractivity contribution in [1.82, 2.24) is 15.1 Å². The normalized spacial score (nSPS) is 19.7. The molecule has 3 rings (SSSR count). The van der Waals surface area contributed by atoms with Crippen LogP contribution in [0.3, 0.4) is 0 Å². The topological polar surface area (TPSA) is 61.7 Å². The molecular formula is C17H25N5O2. The molecule has 1 fully saturated rings. The summed E-state index contributed by atoms with van der Waals surface area (Å²) in [5, 5.41) is 3.36. The highest BCUT2D eigenvalue weighted by molar-refractivity contribution is 5.97. The van der Waals surface area contributed by atoms with Crippen LogP contribution in [0.2, 0.25) is 0 Å². The summed E-state index contributed by atoms with van der Waals surface area (Å²) in [6.45, 7) is 4.73. The Morgan fingerprint density at radius 3 is 2.92 bits per heavy atom. The third-order valence-electron chi connectivity index (χ3n) is 4.33. The van der Waals surface area contributed by atoms with Crippen LogP contribution in [-0.2, 0) is 6.54 Å². The average Bonchev–Trinajstić information content (AvgIpc) is 2.62. The van der Waals surface area contributed by atoms with Gasteiger partial charge < -0.3 is 24.6 Å². The highest BCUT2D eigenvalue weighted by Gasteiger charge is 2.27. The van der Waals surface area contributed by atoms with Crippen LogP contribution < -0.4 is 14.8 Å². The molecule has 1 aromatic rings. The SMILES string of the molecule is COc1ccc(CN(C)C2=NC(C)N3CCCNC3=N2)c(OC)c1. The summed E-state index contributed by atoms with van der Waals surface area (Å²) >= 11 is 0. The van der Waals surface area contributed by atoms with Crippen LogP contribution in [0.25, 0.3) is 0 Å². The predicted octanol–water partition coefficient (Wildman–Crippen LogP) is 1.50. The first kappa shape index (κ1) is 16.4. The summed E-state index contributed by atoms with van der Waals surface area (Å²) in [7, 11) is 5.32. The van der Waals surface area contributed by atoms with Crippen molar-refractivity contribution in [1.29, 1.82) is 0 Å². The van der Waals surface area contributed by atoms with E-state index in [2.05, 4.69) is 22.1 Å². The van der Waals surface area contributed by atoms with Crippen LogP contribution in [0.4, 0.5) is 0 Å². The van der Waals surface area contributed by atoms with Gasteiger partial charge in [0, 0.05) is 38.3 Å². The maximum Gasteiger partial charge on any atom is 0.226 e. The van der Waals surface area contributed by atoms with Gasteiger partial charge in [-0.25, -0.2) is 4.99 Å². The molecule has 0 spiro atoms. The number of hydrogen-bond donors (Lipinski definition) is 1. The molecule has 2 aliphatic heterocycles. The van der Waals surface area contributed by atoms with Gasteiger partial charge in [-0.15, -0.1) is 0 Å². The van der Waals surface area contributed by atoms with Gasteiger partial charge in [0.15, 0.2) is 0 Å². The molecule has 24 heavy (non-hydrogen) atoms. The van der Waals surface area contributed by atoms with Gasteiger partial charge >= 0.3 is 0 Å². The predicted molar refractivity (Wildman–Crippen MR) is 94.7 cm³/mol. The fraction of sp³-hybridized carbons (Fsp3) is 0.529. The number of nitrogens with zero attached hydrogens (tertiary/aromatic N) is 4. The number of fused-ring (bicyclic) bond motifs is 1. The van der Waals surface area contributed by atoms with Crippen molar-refractivity contribution in [2.45, 2.75) is 26.1 Å². The van der Waals surface area contributed by atoms with Crippen LogP contribution >= 0.6 is 0 Å². The van der Waals surface area contributed by atoms with E-state index in [1.165, 1.54) is 0 Å². The first-order valence-electron chi connectivity index (χ1n) is 8.21. The standard InChI is InChI=1S/C17H25N5O2/c1-12-19-17(20-16-18-8-5-9-22(12)16)21(2)11-13-6-7-14(23-3)10-15(13)24-4/h6-7,10,12H,5,8-9,11H2,1-4H3,(H,18,19,20). The lowest BCUT2D eigenvalue weighted by molar-refractivity contribution is 0.291. The molecule has 2 heterocycles. The van der Waals surface area contributed by atoms with Gasteiger partial charge in [0.25, 0.3) is 0 Å². The van der Waals surface area contributed by atoms with Crippen molar-refractivity contribution in [3.8, 4) is 11.5 Å². The van der Waals surface area contributed by atoms with Crippen LogP contribution in [-0.4, -0.2) is 62.2 Å². The minimum absolute atomic E-state index is 0.0977. The third-order valence-corrected chi connectivity index (χ3v) is 4.33. The summed E-state index contributed by atoms with van der Waals surface area (Å²) in [6.07, 6.45) is 1.22. The number of ether oxygens (including phenoxy) is 2. The van der Waals surface area contributed by atoms with E-state index in [1.807, 2.05) is 30.1 Å². The molecule has 1 N–H and O–H groups in total. The Kier molecular flexibility index (Phi) is 4.78. The molecular weight excluding hydrogens is 306 g/mol. The van der Waals surface area contributed by atoms with Crippen molar-refractivity contribution in [3.63, 3.8) is 0 Å². The second-order valence-electron chi connectivity index (χ2n) is 6.00. The van der Waals surface area contributed by atoms with Crippen LogP contribution in [0.5, 0.6) is 11.5 Å². The smallest absolute Gasteiger partial charge is 0.226 e. The van der Waals surface area contributed by atoms with E-state index < -0.39 is 0 Å². The Hall–Kier alpha value is -2.44. The molecule has 0 aliphatic carbocycles. The lowest BCUT2D eigenvalue weighted by Gasteiger charge is -2.37. The van der Waals surface area contributed by atoms with E-state index in [1.54, 1.807) is 14.2 Å². The van der Waals surface area contributed by atoms with Gasteiger partial charge in [-0.1, -0.05) is 0 Å². The van der Waals surface area contributed by atoms with Crippen molar-refractivity contribution in [2.24, 2.45) is 9.98 Å². The Balaban J connectivity index is 1.78. The Morgan fingerprint density at radius 2 is 2.17 bits per heavy atom. The van der Waals surface area contributed by atoms with Crippen LogP contribution in [0, 0.1) is 0 Å².